The number of nitrogens with one attached hydrogen (secondary N) is 3. The van der Waals surface area contributed by atoms with Crippen molar-refractivity contribution in [3.8, 4) is 17.6 Å². The largest absolute Gasteiger partial charge is 0.497 e. The predicted octanol–water partition coefficient (Wildman–Crippen LogP) is 7.58. The minimum atomic E-state index is -2.00. The minimum Gasteiger partial charge on any atom is -0.497 e. The van der Waals surface area contributed by atoms with Crippen LogP contribution in [0, 0.1) is 23.2 Å². The summed E-state index contributed by atoms with van der Waals surface area (Å²) in [5, 5.41) is 24.2. The van der Waals surface area contributed by atoms with E-state index in [-0.39, 0.29) is 113 Å². The van der Waals surface area contributed by atoms with Gasteiger partial charge in [-0.2, -0.15) is 10.2 Å². The van der Waals surface area contributed by atoms with E-state index in [9.17, 15) is 34.0 Å². The summed E-state index contributed by atoms with van der Waals surface area (Å²) in [4.78, 5) is 87.4. The van der Waals surface area contributed by atoms with Crippen molar-refractivity contribution in [2.24, 2.45) is 11.8 Å². The van der Waals surface area contributed by atoms with Crippen LogP contribution in [0.3, 0.4) is 0 Å². The first-order chi connectivity index (χ1) is 48.0. The number of carbonyl (C=O) groups is 5. The zero-order chi connectivity index (χ0) is 72.0. The van der Waals surface area contributed by atoms with E-state index in [1.807, 2.05) is 107 Å². The van der Waals surface area contributed by atoms with Crippen LogP contribution in [0.25, 0.3) is 11.2 Å². The second-order valence-electron chi connectivity index (χ2n) is 24.8. The lowest BCUT2D eigenvalue weighted by atomic mass is 9.80. The maximum atomic E-state index is 13.8. The number of imidazole rings is 1. The van der Waals surface area contributed by atoms with Crippen molar-refractivity contribution in [2.75, 3.05) is 65.7 Å². The molecule has 0 bridgehead atoms. The molecule has 5 heterocycles. The second-order valence-corrected chi connectivity index (χ2v) is 26.2. The molecule has 0 saturated carbocycles. The Labute approximate surface area is 582 Å². The van der Waals surface area contributed by atoms with Crippen molar-refractivity contribution < 1.29 is 85.1 Å². The number of nitriles is 1. The van der Waals surface area contributed by atoms with Crippen LogP contribution in [0.1, 0.15) is 124 Å². The van der Waals surface area contributed by atoms with Gasteiger partial charge in [0.25, 0.3) is 14.1 Å². The van der Waals surface area contributed by atoms with Crippen molar-refractivity contribution in [2.45, 2.75) is 175 Å². The molecule has 31 heteroatoms. The molecule has 8 rings (SSSR count). The number of unbranched alkanes of at least 4 members (excludes halogenated alkanes) is 1. The summed E-state index contributed by atoms with van der Waals surface area (Å²) in [6.07, 6.45) is -3.85. The number of esters is 3. The van der Waals surface area contributed by atoms with Gasteiger partial charge in [-0.3, -0.25) is 43.6 Å². The average molecular weight is 1410 g/mol. The molecule has 2 amide bonds. The van der Waals surface area contributed by atoms with Gasteiger partial charge in [0.15, 0.2) is 29.8 Å². The highest BCUT2D eigenvalue weighted by Crippen LogP contribution is 2.52. The highest BCUT2D eigenvalue weighted by atomic mass is 31.2. The molecule has 3 aromatic heterocycles. The van der Waals surface area contributed by atoms with Crippen molar-refractivity contribution >= 4 is 55.4 Å². The molecular weight excluding hydrogens is 1320 g/mol. The molecule has 3 aromatic carbocycles. The molecule has 2 aliphatic rings. The molecule has 10 atom stereocenters. The van der Waals surface area contributed by atoms with E-state index in [1.165, 1.54) is 27.1 Å². The van der Waals surface area contributed by atoms with Crippen LogP contribution in [-0.4, -0.2) is 184 Å². The Kier molecular flexibility index (Phi) is 28.9. The number of aromatic nitrogens is 7. The molecule has 2 saturated heterocycles. The van der Waals surface area contributed by atoms with Gasteiger partial charge in [-0.05, 0) is 81.5 Å². The van der Waals surface area contributed by atoms with E-state index in [1.54, 1.807) is 50.4 Å². The Hall–Kier alpha value is -8.34. The number of amides is 2. The number of fused-ring (bicyclic) bond motifs is 1. The summed E-state index contributed by atoms with van der Waals surface area (Å²) < 4.78 is 86.4. The van der Waals surface area contributed by atoms with E-state index in [0.29, 0.717) is 30.0 Å². The fraction of sp³-hybridized carbons (Fsp3) is 0.551. The molecule has 0 aliphatic carbocycles. The van der Waals surface area contributed by atoms with Crippen LogP contribution in [0.5, 0.6) is 11.5 Å². The number of ether oxygens (including phenoxy) is 11. The van der Waals surface area contributed by atoms with Gasteiger partial charge in [0.1, 0.15) is 59.9 Å². The van der Waals surface area contributed by atoms with Gasteiger partial charge >= 0.3 is 17.9 Å². The van der Waals surface area contributed by atoms with Gasteiger partial charge in [0.2, 0.25) is 17.8 Å². The first kappa shape index (κ1) is 77.4. The summed E-state index contributed by atoms with van der Waals surface area (Å²) in [5.41, 5.74) is 0.769. The van der Waals surface area contributed by atoms with Gasteiger partial charge in [-0.1, -0.05) is 80.6 Å². The molecular formula is C69H92N11O19P. The predicted molar refractivity (Wildman–Crippen MR) is 362 cm³/mol. The van der Waals surface area contributed by atoms with E-state index >= 15 is 0 Å². The quantitative estimate of drug-likeness (QED) is 0.0110. The molecule has 100 heavy (non-hydrogen) atoms. The van der Waals surface area contributed by atoms with Gasteiger partial charge in [0, 0.05) is 64.3 Å². The van der Waals surface area contributed by atoms with Gasteiger partial charge in [-0.25, -0.2) is 14.3 Å². The number of hydrogen-bond acceptors (Lipinski definition) is 25. The molecule has 7 unspecified atom stereocenters. The molecule has 0 radical (unpaired) electrons. The number of aromatic amines is 1. The summed E-state index contributed by atoms with van der Waals surface area (Å²) in [7, 11) is 1.19. The molecule has 542 valence electrons. The van der Waals surface area contributed by atoms with Crippen LogP contribution >= 0.6 is 8.53 Å². The molecule has 6 aromatic rings. The Morgan fingerprint density at radius 3 is 2.04 bits per heavy atom. The molecule has 3 N–H and O–H groups in total. The van der Waals surface area contributed by atoms with E-state index in [2.05, 4.69) is 41.7 Å². The molecule has 0 spiro atoms. The van der Waals surface area contributed by atoms with Crippen LogP contribution in [0.2, 0.25) is 0 Å². The fourth-order valence-electron chi connectivity index (χ4n) is 11.6. The number of benzene rings is 3. The highest BCUT2D eigenvalue weighted by Gasteiger charge is 2.53. The average Bonchev–Trinajstić information content (AvgIpc) is 1.26. The van der Waals surface area contributed by atoms with Gasteiger partial charge in [-0.15, -0.1) is 5.10 Å². The van der Waals surface area contributed by atoms with Crippen LogP contribution in [0.15, 0.2) is 96.2 Å². The zero-order valence-corrected chi connectivity index (χ0v) is 59.5. The van der Waals surface area contributed by atoms with Crippen LogP contribution in [-0.2, 0) is 94.4 Å². The van der Waals surface area contributed by atoms with Crippen molar-refractivity contribution in [1.29, 1.82) is 5.26 Å². The van der Waals surface area contributed by atoms with Crippen molar-refractivity contribution in [3.63, 3.8) is 0 Å². The Morgan fingerprint density at radius 2 is 1.42 bits per heavy atom. The fourth-order valence-corrected chi connectivity index (χ4v) is 13.4. The smallest absolute Gasteiger partial charge is 0.303 e. The number of H-pyrrole nitrogens is 1. The Bertz CT molecular complexity index is 3660. The third kappa shape index (κ3) is 20.4. The monoisotopic (exact) mass is 1410 g/mol. The van der Waals surface area contributed by atoms with E-state index < -0.39 is 98.6 Å². The summed E-state index contributed by atoms with van der Waals surface area (Å²) in [6, 6.07) is 27.0. The van der Waals surface area contributed by atoms with E-state index in [0.717, 1.165) is 16.7 Å². The number of methoxy groups -OCH3 is 2. The number of hydrogen-bond donors (Lipinski definition) is 3. The first-order valence-corrected chi connectivity index (χ1v) is 34.4. The maximum Gasteiger partial charge on any atom is 0.303 e. The topological polar surface area (TPSA) is 351 Å². The zero-order valence-electron chi connectivity index (χ0n) is 58.6. The normalized spacial score (nSPS) is 20.3. The number of nitrogens with zero attached hydrogens (tertiary/aromatic N) is 8. The number of anilines is 1. The summed E-state index contributed by atoms with van der Waals surface area (Å²) in [5.74, 6) is -2.25. The minimum absolute atomic E-state index is 0.0447. The molecule has 2 fully saturated rings. The van der Waals surface area contributed by atoms with Gasteiger partial charge in [0.05, 0.1) is 78.8 Å². The lowest BCUT2D eigenvalue weighted by molar-refractivity contribution is -0.288. The second kappa shape index (κ2) is 37.4. The van der Waals surface area contributed by atoms with Crippen molar-refractivity contribution in [1.82, 2.24) is 44.5 Å². The van der Waals surface area contributed by atoms with Crippen LogP contribution in [0.4, 0.5) is 5.95 Å². The molecule has 2 aliphatic heterocycles. The third-order valence-corrected chi connectivity index (χ3v) is 18.5. The third-order valence-electron chi connectivity index (χ3n) is 16.4. The summed E-state index contributed by atoms with van der Waals surface area (Å²) in [6.45, 7) is 17.5. The lowest BCUT2D eigenvalue weighted by Gasteiger charge is -2.43. The highest BCUT2D eigenvalue weighted by molar-refractivity contribution is 7.44. The standard InChI is InChI=1S/C69H92N11O19P/c1-42(2)64(85)74-68-73-63-58(65(86)75-68)72-41-79(63)66-62(92-38-52-37-78(77-76-52)32-36-89-35-31-71-57(84)21-16-17-33-90-67-45(7)59(95-47(9)82)60(96-48(10)83)55(98-67)39-91-46(8)81)61(99-100(94-34-18-30-70)80(43(3)4)44(5)6)56(97-66)40-93-69(49-19-14-13-15-20-49,50-22-26-53(87-11)27-23-50)51-24-28-54(88-12)29-25-51/h13-15,19-20,22-29,37,41-45,55-56,59-62,66-67H,16-18,21,31-36,38-40H2,1-12H3,(H,71,84)(H2,73,74,75,85,86)/t45?,55?,56?,59?,60?,61-,62-,66-,67?,100?/m1/s1. The van der Waals surface area contributed by atoms with Gasteiger partial charge < -0.3 is 66.5 Å². The number of carbonyl (C=O) groups excluding carboxylic acids is 5. The Balaban J connectivity index is 0.998. The lowest BCUT2D eigenvalue weighted by Crippen LogP contribution is -2.58. The number of rotatable bonds is 38. The first-order valence-electron chi connectivity index (χ1n) is 33.3. The molecule has 30 nitrogen and oxygen atoms in total. The van der Waals surface area contributed by atoms with Crippen molar-refractivity contribution in [3.05, 3.63) is 124 Å². The SMILES string of the molecule is COc1ccc(C(OCC2O[C@@H](n3cnc4c(=O)[nH]c(NC(=O)C(C)C)nc43)[C@H](OCc3cn(CCOCCNC(=O)CCCCOC4OC(COC(C)=O)C(OC(C)=O)C(OC(C)=O)C4C)nn3)[C@@H]2OP(OCCC#N)N(C(C)C)C(C)C)(c2ccccc2)c2ccc(OC)cc2)cc1. The van der Waals surface area contributed by atoms with Crippen LogP contribution < -0.4 is 25.7 Å². The summed E-state index contributed by atoms with van der Waals surface area (Å²) >= 11 is 0. The van der Waals surface area contributed by atoms with E-state index in [4.69, 9.17) is 66.1 Å². The maximum absolute atomic E-state index is 13.8. The Morgan fingerprint density at radius 1 is 0.770 bits per heavy atom.